The molecule has 0 spiro atoms. The van der Waals surface area contributed by atoms with E-state index >= 15 is 0 Å². The second kappa shape index (κ2) is 10.1. The lowest BCUT2D eigenvalue weighted by atomic mass is 10.1. The number of halogens is 4. The Bertz CT molecular complexity index is 1290. The minimum Gasteiger partial charge on any atom is -0.454 e. The molecule has 1 N–H and O–H groups in total. The molecule has 32 heavy (non-hydrogen) atoms. The van der Waals surface area contributed by atoms with E-state index in [1.807, 2.05) is 0 Å². The SMILES string of the molecule is O=C(OCC(=O)c1cc(Cl)ccc1Cl)c1ccc(Cl)c(S(=O)(=O)Nc2ccc(Cl)cc2)c1. The molecule has 0 amide bonds. The first-order valence-corrected chi connectivity index (χ1v) is 11.8. The summed E-state index contributed by atoms with van der Waals surface area (Å²) >= 11 is 23.7. The highest BCUT2D eigenvalue weighted by Gasteiger charge is 2.22. The number of esters is 1. The molecular weight excluding hydrogens is 520 g/mol. The summed E-state index contributed by atoms with van der Waals surface area (Å²) in [5.41, 5.74) is 0.233. The Morgan fingerprint density at radius 1 is 0.812 bits per heavy atom. The summed E-state index contributed by atoms with van der Waals surface area (Å²) in [4.78, 5) is 24.4. The van der Waals surface area contributed by atoms with E-state index in [2.05, 4.69) is 4.72 Å². The van der Waals surface area contributed by atoms with Crippen LogP contribution in [0.3, 0.4) is 0 Å². The van der Waals surface area contributed by atoms with Gasteiger partial charge in [0.1, 0.15) is 4.90 Å². The van der Waals surface area contributed by atoms with Gasteiger partial charge in [-0.1, -0.05) is 46.4 Å². The molecule has 0 bridgehead atoms. The Labute approximate surface area is 204 Å². The Morgan fingerprint density at radius 2 is 1.44 bits per heavy atom. The number of anilines is 1. The van der Waals surface area contributed by atoms with Crippen LogP contribution >= 0.6 is 46.4 Å². The molecule has 0 radical (unpaired) electrons. The highest BCUT2D eigenvalue weighted by Crippen LogP contribution is 2.26. The molecule has 3 rings (SSSR count). The largest absolute Gasteiger partial charge is 0.454 e. The van der Waals surface area contributed by atoms with Crippen LogP contribution in [-0.2, 0) is 14.8 Å². The van der Waals surface area contributed by atoms with E-state index in [1.54, 1.807) is 0 Å². The topological polar surface area (TPSA) is 89.5 Å². The van der Waals surface area contributed by atoms with Crippen LogP contribution < -0.4 is 4.72 Å². The fourth-order valence-corrected chi connectivity index (χ4v) is 4.67. The Hall–Kier alpha value is -2.29. The average Bonchev–Trinajstić information content (AvgIpc) is 2.75. The lowest BCUT2D eigenvalue weighted by Gasteiger charge is -2.11. The maximum Gasteiger partial charge on any atom is 0.338 e. The molecule has 0 atom stereocenters. The molecule has 11 heteroatoms. The number of hydrogen-bond donors (Lipinski definition) is 1. The number of rotatable bonds is 7. The number of carbonyl (C=O) groups is 2. The van der Waals surface area contributed by atoms with E-state index in [-0.39, 0.29) is 31.8 Å². The number of ketones is 1. The van der Waals surface area contributed by atoms with Crippen molar-refractivity contribution in [2.75, 3.05) is 11.3 Å². The number of sulfonamides is 1. The van der Waals surface area contributed by atoms with Gasteiger partial charge in [-0.15, -0.1) is 0 Å². The smallest absolute Gasteiger partial charge is 0.338 e. The molecule has 0 aliphatic rings. The lowest BCUT2D eigenvalue weighted by molar-refractivity contribution is 0.0474. The van der Waals surface area contributed by atoms with Gasteiger partial charge in [0.2, 0.25) is 5.78 Å². The number of nitrogens with one attached hydrogen (secondary N) is 1. The Kier molecular flexibility index (Phi) is 7.69. The molecule has 0 saturated carbocycles. The van der Waals surface area contributed by atoms with Crippen molar-refractivity contribution in [2.24, 2.45) is 0 Å². The van der Waals surface area contributed by atoms with Crippen LogP contribution in [0, 0.1) is 0 Å². The fraction of sp³-hybridized carbons (Fsp3) is 0.0476. The van der Waals surface area contributed by atoms with E-state index < -0.39 is 28.4 Å². The first kappa shape index (κ1) is 24.4. The predicted molar refractivity (Wildman–Crippen MR) is 125 cm³/mol. The molecule has 166 valence electrons. The quantitative estimate of drug-likeness (QED) is 0.291. The normalized spacial score (nSPS) is 11.1. The van der Waals surface area contributed by atoms with E-state index in [0.717, 1.165) is 6.07 Å². The second-order valence-electron chi connectivity index (χ2n) is 6.38. The highest BCUT2D eigenvalue weighted by atomic mass is 35.5. The van der Waals surface area contributed by atoms with Crippen LogP contribution in [0.4, 0.5) is 5.69 Å². The molecular formula is C21H13Cl4NO5S. The lowest BCUT2D eigenvalue weighted by Crippen LogP contribution is -2.17. The third-order valence-electron chi connectivity index (χ3n) is 4.12. The van der Waals surface area contributed by atoms with Gasteiger partial charge in [-0.25, -0.2) is 13.2 Å². The maximum absolute atomic E-state index is 12.7. The van der Waals surface area contributed by atoms with Gasteiger partial charge in [0.05, 0.1) is 15.6 Å². The van der Waals surface area contributed by atoms with Gasteiger partial charge in [-0.2, -0.15) is 0 Å². The number of carbonyl (C=O) groups excluding carboxylic acids is 2. The van der Waals surface area contributed by atoms with Crippen LogP contribution in [0.5, 0.6) is 0 Å². The Balaban J connectivity index is 1.77. The molecule has 0 aliphatic heterocycles. The van der Waals surface area contributed by atoms with Gasteiger partial charge >= 0.3 is 5.97 Å². The molecule has 0 saturated heterocycles. The van der Waals surface area contributed by atoms with E-state index in [4.69, 9.17) is 51.1 Å². The summed E-state index contributed by atoms with van der Waals surface area (Å²) in [5, 5.41) is 0.780. The van der Waals surface area contributed by atoms with Crippen LogP contribution in [0.25, 0.3) is 0 Å². The molecule has 0 aromatic heterocycles. The maximum atomic E-state index is 12.7. The molecule has 0 unspecified atom stereocenters. The first-order chi connectivity index (χ1) is 15.1. The third-order valence-corrected chi connectivity index (χ3v) is 6.80. The van der Waals surface area contributed by atoms with Crippen molar-refractivity contribution in [3.63, 3.8) is 0 Å². The highest BCUT2D eigenvalue weighted by molar-refractivity contribution is 7.92. The molecule has 0 heterocycles. The van der Waals surface area contributed by atoms with Crippen molar-refractivity contribution < 1.29 is 22.7 Å². The fourth-order valence-electron chi connectivity index (χ4n) is 2.57. The van der Waals surface area contributed by atoms with Crippen molar-refractivity contribution in [1.29, 1.82) is 0 Å². The summed E-state index contributed by atoms with van der Waals surface area (Å²) in [6, 6.07) is 13.9. The second-order valence-corrected chi connectivity index (χ2v) is 9.72. The van der Waals surface area contributed by atoms with Crippen LogP contribution in [-0.4, -0.2) is 26.8 Å². The molecule has 0 fully saturated rings. The zero-order chi connectivity index (χ0) is 23.5. The van der Waals surface area contributed by atoms with Crippen molar-refractivity contribution >= 4 is 73.9 Å². The number of hydrogen-bond acceptors (Lipinski definition) is 5. The summed E-state index contributed by atoms with van der Waals surface area (Å²) < 4.78 is 32.8. The summed E-state index contributed by atoms with van der Waals surface area (Å²) in [6.07, 6.45) is 0. The van der Waals surface area contributed by atoms with E-state index in [0.29, 0.717) is 10.0 Å². The third kappa shape index (κ3) is 5.94. The average molecular weight is 533 g/mol. The van der Waals surface area contributed by atoms with Gasteiger partial charge < -0.3 is 4.74 Å². The molecule has 3 aromatic carbocycles. The molecule has 3 aromatic rings. The standard InChI is InChI=1S/C21H13Cl4NO5S/c22-13-2-5-15(6-3-13)26-32(29,30)20-9-12(1-7-18(20)25)21(28)31-11-19(27)16-10-14(23)4-8-17(16)24/h1-10,26H,11H2. The van der Waals surface area contributed by atoms with E-state index in [9.17, 15) is 18.0 Å². The van der Waals surface area contributed by atoms with E-state index in [1.165, 1.54) is 54.6 Å². The van der Waals surface area contributed by atoms with Crippen LogP contribution in [0.1, 0.15) is 20.7 Å². The molecule has 0 aliphatic carbocycles. The first-order valence-electron chi connectivity index (χ1n) is 8.80. The van der Waals surface area contributed by atoms with Crippen molar-refractivity contribution in [3.8, 4) is 0 Å². The van der Waals surface area contributed by atoms with Gasteiger partial charge in [-0.05, 0) is 60.7 Å². The predicted octanol–water partition coefficient (Wildman–Crippen LogP) is 6.14. The monoisotopic (exact) mass is 531 g/mol. The van der Waals surface area contributed by atoms with Crippen molar-refractivity contribution in [1.82, 2.24) is 0 Å². The summed E-state index contributed by atoms with van der Waals surface area (Å²) in [6.45, 7) is -0.618. The zero-order valence-electron chi connectivity index (χ0n) is 15.9. The number of Topliss-reactive ketones (excluding diaryl/α,β-unsaturated/α-hetero) is 1. The minimum absolute atomic E-state index is 0.0958. The Morgan fingerprint density at radius 3 is 2.12 bits per heavy atom. The van der Waals surface area contributed by atoms with Gasteiger partial charge in [0.15, 0.2) is 6.61 Å². The van der Waals surface area contributed by atoms with Crippen molar-refractivity contribution in [3.05, 3.63) is 91.9 Å². The van der Waals surface area contributed by atoms with Gasteiger partial charge in [0, 0.05) is 21.3 Å². The van der Waals surface area contributed by atoms with Crippen molar-refractivity contribution in [2.45, 2.75) is 4.90 Å². The molecule has 6 nitrogen and oxygen atoms in total. The number of ether oxygens (including phenoxy) is 1. The van der Waals surface area contributed by atoms with Crippen LogP contribution in [0.15, 0.2) is 65.6 Å². The minimum atomic E-state index is -4.13. The zero-order valence-corrected chi connectivity index (χ0v) is 19.8. The van der Waals surface area contributed by atoms with Crippen LogP contribution in [0.2, 0.25) is 20.1 Å². The number of benzene rings is 3. The summed E-state index contributed by atoms with van der Waals surface area (Å²) in [5.74, 6) is -1.49. The van der Waals surface area contributed by atoms with Gasteiger partial charge in [-0.3, -0.25) is 9.52 Å². The summed E-state index contributed by atoms with van der Waals surface area (Å²) in [7, 11) is -4.13. The van der Waals surface area contributed by atoms with Gasteiger partial charge in [0.25, 0.3) is 10.0 Å².